The summed E-state index contributed by atoms with van der Waals surface area (Å²) in [6.45, 7) is -0.229. The predicted molar refractivity (Wildman–Crippen MR) is 116 cm³/mol. The van der Waals surface area contributed by atoms with Gasteiger partial charge in [-0.3, -0.25) is 4.79 Å². The molecule has 32 heavy (non-hydrogen) atoms. The molecule has 11 heteroatoms. The van der Waals surface area contributed by atoms with Gasteiger partial charge in [-0.1, -0.05) is 23.7 Å². The van der Waals surface area contributed by atoms with E-state index in [0.29, 0.717) is 36.3 Å². The minimum absolute atomic E-state index is 0.125. The van der Waals surface area contributed by atoms with E-state index in [1.807, 2.05) is 0 Å². The summed E-state index contributed by atoms with van der Waals surface area (Å²) in [5, 5.41) is 10.2. The molecule has 0 bridgehead atoms. The first-order chi connectivity index (χ1) is 15.2. The van der Waals surface area contributed by atoms with E-state index in [2.05, 4.69) is 9.56 Å². The molecule has 0 radical (unpaired) electrons. The van der Waals surface area contributed by atoms with Crippen LogP contribution in [0.4, 0.5) is 0 Å². The Bertz CT molecular complexity index is 1100. The van der Waals surface area contributed by atoms with Crippen LogP contribution in [0.3, 0.4) is 0 Å². The number of hydrogen-bond acceptors (Lipinski definition) is 7. The maximum absolute atomic E-state index is 12.7. The third kappa shape index (κ3) is 6.18. The number of nitrogens with one attached hydrogen (secondary N) is 1. The van der Waals surface area contributed by atoms with Crippen LogP contribution < -0.4 is 4.72 Å². The highest BCUT2D eigenvalue weighted by atomic mass is 35.5. The first kappa shape index (κ1) is 24.0. The van der Waals surface area contributed by atoms with Gasteiger partial charge >= 0.3 is 5.97 Å². The van der Waals surface area contributed by atoms with Crippen molar-refractivity contribution in [3.05, 3.63) is 73.8 Å². The summed E-state index contributed by atoms with van der Waals surface area (Å²) in [5.41, 5.74) is 3.38. The van der Waals surface area contributed by atoms with Gasteiger partial charge in [0.2, 0.25) is 10.0 Å². The highest BCUT2D eigenvalue weighted by molar-refractivity contribution is 7.89. The Morgan fingerprint density at radius 2 is 2.00 bits per heavy atom. The molecule has 3 rings (SSSR count). The molecular formula is C21H23ClN2O7S. The molecule has 172 valence electrons. The molecule has 1 aliphatic carbocycles. The summed E-state index contributed by atoms with van der Waals surface area (Å²) in [7, 11) is -2.41. The molecule has 1 aliphatic rings. The van der Waals surface area contributed by atoms with Crippen molar-refractivity contribution in [2.24, 2.45) is 0 Å². The van der Waals surface area contributed by atoms with E-state index in [9.17, 15) is 23.3 Å². The quantitative estimate of drug-likeness (QED) is 0.331. The predicted octanol–water partition coefficient (Wildman–Crippen LogP) is 2.99. The van der Waals surface area contributed by atoms with Gasteiger partial charge in [-0.25, -0.2) is 13.1 Å². The molecule has 0 fully saturated rings. The van der Waals surface area contributed by atoms with E-state index in [1.54, 1.807) is 12.1 Å². The molecule has 0 aliphatic heterocycles. The Labute approximate surface area is 190 Å². The molecule has 2 aromatic rings. The van der Waals surface area contributed by atoms with Crippen LogP contribution in [0.15, 0.2) is 41.3 Å². The van der Waals surface area contributed by atoms with Gasteiger partial charge in [-0.15, -0.1) is 10.1 Å². The highest BCUT2D eigenvalue weighted by Crippen LogP contribution is 2.29. The fraction of sp³-hybridized carbons (Fsp3) is 0.381. The van der Waals surface area contributed by atoms with Crippen LogP contribution in [0, 0.1) is 10.1 Å². The van der Waals surface area contributed by atoms with E-state index in [-0.39, 0.29) is 29.9 Å². The van der Waals surface area contributed by atoms with Crippen molar-refractivity contribution in [2.45, 2.75) is 49.6 Å². The Morgan fingerprint density at radius 1 is 1.28 bits per heavy atom. The van der Waals surface area contributed by atoms with Crippen molar-refractivity contribution in [1.82, 2.24) is 4.72 Å². The molecule has 0 saturated carbocycles. The lowest BCUT2D eigenvalue weighted by Crippen LogP contribution is -2.39. The number of benzene rings is 2. The Hall–Kier alpha value is -2.69. The maximum Gasteiger partial charge on any atom is 0.305 e. The number of ether oxygens (including phenoxy) is 1. The lowest BCUT2D eigenvalue weighted by Gasteiger charge is -2.28. The number of esters is 1. The van der Waals surface area contributed by atoms with Crippen LogP contribution in [0.1, 0.15) is 35.1 Å². The van der Waals surface area contributed by atoms with Crippen molar-refractivity contribution in [3.63, 3.8) is 0 Å². The monoisotopic (exact) mass is 482 g/mol. The number of halogens is 1. The number of hydrogen-bond donors (Lipinski definition) is 1. The van der Waals surface area contributed by atoms with Crippen LogP contribution in [-0.4, -0.2) is 32.6 Å². The summed E-state index contributed by atoms with van der Waals surface area (Å²) >= 11 is 5.84. The fourth-order valence-corrected chi connectivity index (χ4v) is 5.23. The number of carbonyl (C=O) groups excluding carboxylic acids is 1. The maximum atomic E-state index is 12.7. The first-order valence-electron chi connectivity index (χ1n) is 9.93. The third-order valence-electron chi connectivity index (χ3n) is 5.31. The van der Waals surface area contributed by atoms with E-state index in [1.165, 1.54) is 31.4 Å². The van der Waals surface area contributed by atoms with E-state index >= 15 is 0 Å². The fourth-order valence-electron chi connectivity index (χ4n) is 3.83. The number of nitrogens with zero attached hydrogens (tertiary/aromatic N) is 1. The Balaban J connectivity index is 1.82. The lowest BCUT2D eigenvalue weighted by atomic mass is 9.83. The minimum Gasteiger partial charge on any atom is -0.469 e. The third-order valence-corrected chi connectivity index (χ3v) is 7.10. The number of aryl methyl sites for hydroxylation is 1. The molecule has 9 nitrogen and oxygen atoms in total. The van der Waals surface area contributed by atoms with Gasteiger partial charge in [0.25, 0.3) is 5.09 Å². The van der Waals surface area contributed by atoms with Gasteiger partial charge < -0.3 is 9.57 Å². The highest BCUT2D eigenvalue weighted by Gasteiger charge is 2.26. The zero-order valence-electron chi connectivity index (χ0n) is 17.4. The van der Waals surface area contributed by atoms with Crippen molar-refractivity contribution in [3.8, 4) is 0 Å². The standard InChI is InChI=1S/C21H23ClN2O7S/c1-30-21(25)9-2-15-10-14(13-31-24(26)27)11-16-12-18(5-8-20(15)16)23-32(28,29)19-6-3-17(22)4-7-19/h3-4,6-7,10-11,18,23H,2,5,8-9,12-13H2,1H3. The van der Waals surface area contributed by atoms with Gasteiger partial charge in [-0.05, 0) is 72.2 Å². The van der Waals surface area contributed by atoms with Crippen LogP contribution >= 0.6 is 11.6 Å². The van der Waals surface area contributed by atoms with Crippen molar-refractivity contribution in [2.75, 3.05) is 7.11 Å². The van der Waals surface area contributed by atoms with Gasteiger partial charge in [-0.2, -0.15) is 0 Å². The normalized spacial score (nSPS) is 15.6. The molecule has 0 spiro atoms. The van der Waals surface area contributed by atoms with Gasteiger partial charge in [0.15, 0.2) is 0 Å². The van der Waals surface area contributed by atoms with Gasteiger partial charge in [0.1, 0.15) is 6.61 Å². The van der Waals surface area contributed by atoms with E-state index < -0.39 is 15.1 Å². The Kier molecular flexibility index (Phi) is 7.70. The number of fused-ring (bicyclic) bond motifs is 1. The van der Waals surface area contributed by atoms with Crippen LogP contribution in [-0.2, 0) is 50.3 Å². The topological polar surface area (TPSA) is 125 Å². The Morgan fingerprint density at radius 3 is 2.66 bits per heavy atom. The summed E-state index contributed by atoms with van der Waals surface area (Å²) < 4.78 is 32.9. The first-order valence-corrected chi connectivity index (χ1v) is 11.8. The van der Waals surface area contributed by atoms with Crippen molar-refractivity contribution >= 4 is 27.6 Å². The van der Waals surface area contributed by atoms with Crippen LogP contribution in [0.2, 0.25) is 5.02 Å². The molecule has 0 amide bonds. The number of sulfonamides is 1. The smallest absolute Gasteiger partial charge is 0.305 e. The molecule has 0 heterocycles. The summed E-state index contributed by atoms with van der Waals surface area (Å²) in [6, 6.07) is 9.16. The number of rotatable bonds is 9. The van der Waals surface area contributed by atoms with Gasteiger partial charge in [0, 0.05) is 17.5 Å². The second-order valence-electron chi connectivity index (χ2n) is 7.48. The number of methoxy groups -OCH3 is 1. The number of carbonyl (C=O) groups is 1. The van der Waals surface area contributed by atoms with E-state index in [4.69, 9.17) is 16.3 Å². The molecule has 0 aromatic heterocycles. The van der Waals surface area contributed by atoms with Crippen molar-refractivity contribution in [1.29, 1.82) is 0 Å². The molecular weight excluding hydrogens is 460 g/mol. The molecule has 2 aromatic carbocycles. The summed E-state index contributed by atoms with van der Waals surface area (Å²) in [6.07, 6.45) is 2.20. The molecule has 0 saturated heterocycles. The van der Waals surface area contributed by atoms with E-state index in [0.717, 1.165) is 16.7 Å². The largest absolute Gasteiger partial charge is 0.469 e. The zero-order chi connectivity index (χ0) is 23.3. The van der Waals surface area contributed by atoms with Crippen LogP contribution in [0.5, 0.6) is 0 Å². The second kappa shape index (κ2) is 10.3. The lowest BCUT2D eigenvalue weighted by molar-refractivity contribution is -0.763. The molecule has 1 N–H and O–H groups in total. The average molecular weight is 483 g/mol. The van der Waals surface area contributed by atoms with Crippen LogP contribution in [0.25, 0.3) is 0 Å². The zero-order valence-corrected chi connectivity index (χ0v) is 18.9. The van der Waals surface area contributed by atoms with Crippen molar-refractivity contribution < 1.29 is 27.9 Å². The minimum atomic E-state index is -3.73. The second-order valence-corrected chi connectivity index (χ2v) is 9.63. The summed E-state index contributed by atoms with van der Waals surface area (Å²) in [4.78, 5) is 26.8. The molecule has 1 unspecified atom stereocenters. The summed E-state index contributed by atoms with van der Waals surface area (Å²) in [5.74, 6) is -0.352. The SMILES string of the molecule is COC(=O)CCc1cc(CO[N+](=O)[O-])cc2c1CCC(NS(=O)(=O)c1ccc(Cl)cc1)C2. The average Bonchev–Trinajstić information content (AvgIpc) is 2.75. The molecule has 1 atom stereocenters. The van der Waals surface area contributed by atoms with Gasteiger partial charge in [0.05, 0.1) is 12.0 Å².